The van der Waals surface area contributed by atoms with Gasteiger partial charge >= 0.3 is 0 Å². The van der Waals surface area contributed by atoms with Crippen LogP contribution in [0.4, 0.5) is 5.69 Å². The van der Waals surface area contributed by atoms with Crippen LogP contribution in [-0.2, 0) is 11.2 Å². The molecule has 0 saturated carbocycles. The van der Waals surface area contributed by atoms with Crippen LogP contribution in [0.1, 0.15) is 34.8 Å². The summed E-state index contributed by atoms with van der Waals surface area (Å²) in [5.41, 5.74) is 3.10. The number of anilines is 1. The number of rotatable bonds is 6. The van der Waals surface area contributed by atoms with Crippen molar-refractivity contribution in [1.82, 2.24) is 10.3 Å². The first-order valence-corrected chi connectivity index (χ1v) is 10.4. The van der Waals surface area contributed by atoms with Crippen LogP contribution in [0.15, 0.2) is 66.9 Å². The third-order valence-electron chi connectivity index (χ3n) is 5.28. The van der Waals surface area contributed by atoms with Crippen LogP contribution in [0.25, 0.3) is 0 Å². The molecule has 0 spiro atoms. The molecule has 3 aromatic rings. The van der Waals surface area contributed by atoms with E-state index in [1.54, 1.807) is 24.4 Å². The van der Waals surface area contributed by atoms with Crippen molar-refractivity contribution >= 4 is 17.5 Å². The van der Waals surface area contributed by atoms with Gasteiger partial charge in [0.05, 0.1) is 5.69 Å². The van der Waals surface area contributed by atoms with Crippen LogP contribution in [-0.4, -0.2) is 29.4 Å². The zero-order valence-electron chi connectivity index (χ0n) is 17.7. The number of fused-ring (bicyclic) bond motifs is 2. The van der Waals surface area contributed by atoms with Crippen LogP contribution >= 0.6 is 0 Å². The van der Waals surface area contributed by atoms with E-state index in [1.165, 1.54) is 10.5 Å². The van der Waals surface area contributed by atoms with Crippen molar-refractivity contribution in [3.05, 3.63) is 83.6 Å². The maximum atomic E-state index is 13.3. The Morgan fingerprint density at radius 2 is 1.94 bits per heavy atom. The van der Waals surface area contributed by atoms with Crippen molar-refractivity contribution in [2.45, 2.75) is 32.7 Å². The molecule has 1 aliphatic rings. The number of nitrogens with zero attached hydrogens (tertiary/aromatic N) is 2. The monoisotopic (exact) mass is 415 g/mol. The van der Waals surface area contributed by atoms with Gasteiger partial charge in [-0.1, -0.05) is 36.4 Å². The van der Waals surface area contributed by atoms with Gasteiger partial charge < -0.3 is 10.1 Å². The molecule has 1 aromatic heterocycles. The molecule has 1 atom stereocenters. The molecule has 31 heavy (non-hydrogen) atoms. The minimum Gasteiger partial charge on any atom is -0.436 e. The van der Waals surface area contributed by atoms with Gasteiger partial charge in [0.1, 0.15) is 12.1 Å². The van der Waals surface area contributed by atoms with E-state index in [0.29, 0.717) is 17.0 Å². The number of nitrogens with one attached hydrogen (secondary N) is 1. The van der Waals surface area contributed by atoms with Crippen molar-refractivity contribution in [2.75, 3.05) is 11.4 Å². The molecule has 4 rings (SSSR count). The molecule has 2 amide bonds. The minimum atomic E-state index is -0.306. The van der Waals surface area contributed by atoms with E-state index in [9.17, 15) is 9.59 Å². The number of ether oxygens (including phenoxy) is 1. The summed E-state index contributed by atoms with van der Waals surface area (Å²) in [6, 6.07) is 19.1. The van der Waals surface area contributed by atoms with Crippen molar-refractivity contribution in [3.8, 4) is 11.6 Å². The first-order chi connectivity index (χ1) is 15.0. The fraction of sp³-hybridized carbons (Fsp3) is 0.240. The number of hydrogen-bond donors (Lipinski definition) is 1. The SMILES string of the molecule is Cc1ccc2c(c1)N(CC(=O)N[C@H](C)CCc1ccccc1)C(=O)c1cccnc1O2. The van der Waals surface area contributed by atoms with Gasteiger partial charge in [-0.2, -0.15) is 0 Å². The van der Waals surface area contributed by atoms with Gasteiger partial charge in [-0.05, 0) is 62.1 Å². The van der Waals surface area contributed by atoms with E-state index in [0.717, 1.165) is 18.4 Å². The molecule has 0 radical (unpaired) electrons. The molecule has 1 N–H and O–H groups in total. The molecular weight excluding hydrogens is 390 g/mol. The Balaban J connectivity index is 1.50. The predicted octanol–water partition coefficient (Wildman–Crippen LogP) is 4.28. The first-order valence-electron chi connectivity index (χ1n) is 10.4. The summed E-state index contributed by atoms with van der Waals surface area (Å²) in [7, 11) is 0. The Morgan fingerprint density at radius 3 is 2.74 bits per heavy atom. The summed E-state index contributed by atoms with van der Waals surface area (Å²) in [6.07, 6.45) is 3.27. The molecule has 1 aliphatic heterocycles. The fourth-order valence-electron chi connectivity index (χ4n) is 3.64. The van der Waals surface area contributed by atoms with Gasteiger partial charge in [0.25, 0.3) is 5.91 Å². The molecule has 6 nitrogen and oxygen atoms in total. The topological polar surface area (TPSA) is 71.5 Å². The van der Waals surface area contributed by atoms with Crippen molar-refractivity contribution in [1.29, 1.82) is 0 Å². The summed E-state index contributed by atoms with van der Waals surface area (Å²) in [4.78, 5) is 31.8. The lowest BCUT2D eigenvalue weighted by Gasteiger charge is -2.23. The molecule has 158 valence electrons. The lowest BCUT2D eigenvalue weighted by molar-refractivity contribution is -0.120. The van der Waals surface area contributed by atoms with Crippen LogP contribution in [0.3, 0.4) is 0 Å². The maximum Gasteiger partial charge on any atom is 0.264 e. The standard InChI is InChI=1S/C25H25N3O3/c1-17-10-13-22-21(15-17)28(25(30)20-9-6-14-26-24(20)31-22)16-23(29)27-18(2)11-12-19-7-4-3-5-8-19/h3-10,13-15,18H,11-12,16H2,1-2H3,(H,27,29)/t18-/m1/s1. The molecule has 0 fully saturated rings. The number of pyridine rings is 1. The van der Waals surface area contributed by atoms with E-state index in [2.05, 4.69) is 22.4 Å². The van der Waals surface area contributed by atoms with Crippen LogP contribution in [0, 0.1) is 6.92 Å². The average molecular weight is 415 g/mol. The quantitative estimate of drug-likeness (QED) is 0.652. The molecule has 0 aliphatic carbocycles. The molecule has 2 aromatic carbocycles. The summed E-state index contributed by atoms with van der Waals surface area (Å²) >= 11 is 0. The summed E-state index contributed by atoms with van der Waals surface area (Å²) < 4.78 is 5.90. The predicted molar refractivity (Wildman–Crippen MR) is 120 cm³/mol. The third-order valence-corrected chi connectivity index (χ3v) is 5.28. The average Bonchev–Trinajstić information content (AvgIpc) is 2.88. The number of amides is 2. The molecule has 6 heteroatoms. The summed E-state index contributed by atoms with van der Waals surface area (Å²) in [5.74, 6) is 0.228. The highest BCUT2D eigenvalue weighted by Gasteiger charge is 2.30. The first kappa shape index (κ1) is 20.6. The Labute approximate surface area is 181 Å². The Bertz CT molecular complexity index is 1100. The molecule has 2 heterocycles. The number of hydrogen-bond acceptors (Lipinski definition) is 4. The number of aromatic nitrogens is 1. The highest BCUT2D eigenvalue weighted by Crippen LogP contribution is 2.38. The number of carbonyl (C=O) groups excluding carboxylic acids is 2. The van der Waals surface area contributed by atoms with Crippen LogP contribution in [0.2, 0.25) is 0 Å². The second kappa shape index (κ2) is 9.00. The Hall–Kier alpha value is -3.67. The van der Waals surface area contributed by atoms with Gasteiger partial charge in [-0.25, -0.2) is 4.98 Å². The second-order valence-corrected chi connectivity index (χ2v) is 7.81. The van der Waals surface area contributed by atoms with E-state index < -0.39 is 0 Å². The van der Waals surface area contributed by atoms with Crippen LogP contribution in [0.5, 0.6) is 11.6 Å². The van der Waals surface area contributed by atoms with Gasteiger partial charge in [-0.3, -0.25) is 14.5 Å². The second-order valence-electron chi connectivity index (χ2n) is 7.81. The fourth-order valence-corrected chi connectivity index (χ4v) is 3.64. The zero-order chi connectivity index (χ0) is 21.8. The molecular formula is C25H25N3O3. The molecule has 0 bridgehead atoms. The largest absolute Gasteiger partial charge is 0.436 e. The summed E-state index contributed by atoms with van der Waals surface area (Å²) in [6.45, 7) is 3.82. The Kier molecular flexibility index (Phi) is 5.98. The minimum absolute atomic E-state index is 0.0167. The van der Waals surface area contributed by atoms with Crippen molar-refractivity contribution in [2.24, 2.45) is 0 Å². The van der Waals surface area contributed by atoms with E-state index in [4.69, 9.17) is 4.74 Å². The van der Waals surface area contributed by atoms with Gasteiger partial charge in [0, 0.05) is 12.2 Å². The third kappa shape index (κ3) is 4.74. The zero-order valence-corrected chi connectivity index (χ0v) is 17.7. The number of carbonyl (C=O) groups is 2. The number of benzene rings is 2. The van der Waals surface area contributed by atoms with Crippen molar-refractivity contribution in [3.63, 3.8) is 0 Å². The highest BCUT2D eigenvalue weighted by molar-refractivity contribution is 6.11. The molecule has 0 unspecified atom stereocenters. The van der Waals surface area contributed by atoms with Crippen LogP contribution < -0.4 is 15.0 Å². The molecule has 0 saturated heterocycles. The van der Waals surface area contributed by atoms with Gasteiger partial charge in [-0.15, -0.1) is 0 Å². The van der Waals surface area contributed by atoms with Gasteiger partial charge in [0.15, 0.2) is 5.75 Å². The van der Waals surface area contributed by atoms with E-state index in [1.807, 2.05) is 44.2 Å². The lowest BCUT2D eigenvalue weighted by Crippen LogP contribution is -2.43. The summed E-state index contributed by atoms with van der Waals surface area (Å²) in [5, 5.41) is 3.02. The smallest absolute Gasteiger partial charge is 0.264 e. The normalized spacial score (nSPS) is 13.5. The maximum absolute atomic E-state index is 13.3. The van der Waals surface area contributed by atoms with E-state index in [-0.39, 0.29) is 30.3 Å². The Morgan fingerprint density at radius 1 is 1.13 bits per heavy atom. The van der Waals surface area contributed by atoms with Crippen molar-refractivity contribution < 1.29 is 14.3 Å². The van der Waals surface area contributed by atoms with Gasteiger partial charge in [0.2, 0.25) is 11.8 Å². The lowest BCUT2D eigenvalue weighted by atomic mass is 10.1. The van der Waals surface area contributed by atoms with E-state index >= 15 is 0 Å². The highest BCUT2D eigenvalue weighted by atomic mass is 16.5. The number of aryl methyl sites for hydroxylation is 2.